The van der Waals surface area contributed by atoms with Crippen molar-refractivity contribution in [2.45, 2.75) is 18.4 Å². The Balaban J connectivity index is 2.23. The van der Waals surface area contributed by atoms with Crippen LogP contribution in [0.4, 0.5) is 10.1 Å². The summed E-state index contributed by atoms with van der Waals surface area (Å²) in [6.07, 6.45) is 0. The van der Waals surface area contributed by atoms with E-state index in [9.17, 15) is 12.8 Å². The maximum Gasteiger partial charge on any atom is 0.243 e. The molecule has 0 atom stereocenters. The van der Waals surface area contributed by atoms with E-state index in [0.29, 0.717) is 0 Å². The molecule has 0 spiro atoms. The predicted molar refractivity (Wildman–Crippen MR) is 71.7 cm³/mol. The molecule has 2 aromatic rings. The number of nitrogen functional groups attached to an aromatic ring is 1. The average Bonchev–Trinajstić information content (AvgIpc) is 2.75. The third-order valence-corrected chi connectivity index (χ3v) is 4.86. The molecule has 0 fully saturated rings. The van der Waals surface area contributed by atoms with Gasteiger partial charge in [0.05, 0.1) is 11.2 Å². The number of aryl methyl sites for hydroxylation is 1. The first kappa shape index (κ1) is 13.9. The van der Waals surface area contributed by atoms with Gasteiger partial charge in [0.2, 0.25) is 10.0 Å². The Hall–Kier alpha value is -1.51. The SMILES string of the molecule is Cc1ncsc1CNS(=O)(=O)c1cc(N)ccc1F. The smallest absolute Gasteiger partial charge is 0.243 e. The Kier molecular flexibility index (Phi) is 3.83. The van der Waals surface area contributed by atoms with E-state index in [-0.39, 0.29) is 12.2 Å². The van der Waals surface area contributed by atoms with Gasteiger partial charge in [0.25, 0.3) is 0 Å². The van der Waals surface area contributed by atoms with Crippen molar-refractivity contribution in [2.75, 3.05) is 5.73 Å². The highest BCUT2D eigenvalue weighted by atomic mass is 32.2. The highest BCUT2D eigenvalue weighted by molar-refractivity contribution is 7.89. The van der Waals surface area contributed by atoms with Gasteiger partial charge < -0.3 is 5.73 Å². The molecule has 0 aliphatic rings. The molecule has 19 heavy (non-hydrogen) atoms. The van der Waals surface area contributed by atoms with Crippen LogP contribution in [0.5, 0.6) is 0 Å². The minimum Gasteiger partial charge on any atom is -0.399 e. The van der Waals surface area contributed by atoms with Crippen LogP contribution in [0, 0.1) is 12.7 Å². The molecule has 1 aromatic carbocycles. The van der Waals surface area contributed by atoms with Gasteiger partial charge in [-0.3, -0.25) is 0 Å². The molecule has 8 heteroatoms. The Morgan fingerprint density at radius 2 is 2.21 bits per heavy atom. The number of hydrogen-bond acceptors (Lipinski definition) is 5. The normalized spacial score (nSPS) is 11.7. The molecule has 102 valence electrons. The Morgan fingerprint density at radius 3 is 2.84 bits per heavy atom. The molecule has 1 heterocycles. The van der Waals surface area contributed by atoms with E-state index in [2.05, 4.69) is 9.71 Å². The number of hydrogen-bond donors (Lipinski definition) is 2. The van der Waals surface area contributed by atoms with E-state index in [1.54, 1.807) is 12.4 Å². The summed E-state index contributed by atoms with van der Waals surface area (Å²) in [6.45, 7) is 1.86. The third kappa shape index (κ3) is 3.09. The van der Waals surface area contributed by atoms with Gasteiger partial charge in [-0.05, 0) is 25.1 Å². The highest BCUT2D eigenvalue weighted by Gasteiger charge is 2.19. The fourth-order valence-electron chi connectivity index (χ4n) is 1.46. The standard InChI is InChI=1S/C11H12FN3O2S2/c1-7-10(18-6-14-7)5-15-19(16,17)11-4-8(13)2-3-9(11)12/h2-4,6,15H,5,13H2,1H3. The van der Waals surface area contributed by atoms with Crippen molar-refractivity contribution in [1.82, 2.24) is 9.71 Å². The quantitative estimate of drug-likeness (QED) is 0.841. The molecule has 0 aliphatic carbocycles. The Morgan fingerprint density at radius 1 is 1.47 bits per heavy atom. The van der Waals surface area contributed by atoms with Crippen molar-refractivity contribution in [2.24, 2.45) is 0 Å². The van der Waals surface area contributed by atoms with E-state index < -0.39 is 20.7 Å². The summed E-state index contributed by atoms with van der Waals surface area (Å²) >= 11 is 1.34. The molecule has 3 N–H and O–H groups in total. The van der Waals surface area contributed by atoms with Crippen LogP contribution in [0.1, 0.15) is 10.6 Å². The van der Waals surface area contributed by atoms with Crippen LogP contribution in [0.2, 0.25) is 0 Å². The Bertz CT molecular complexity index is 698. The van der Waals surface area contributed by atoms with Crippen molar-refractivity contribution in [3.63, 3.8) is 0 Å². The van der Waals surface area contributed by atoms with Gasteiger partial charge in [-0.2, -0.15) is 0 Å². The molecular formula is C11H12FN3O2S2. The first-order valence-corrected chi connectivity index (χ1v) is 7.70. The van der Waals surface area contributed by atoms with Crippen molar-refractivity contribution >= 4 is 27.0 Å². The molecule has 0 unspecified atom stereocenters. The molecule has 0 saturated heterocycles. The zero-order valence-electron chi connectivity index (χ0n) is 10.1. The van der Waals surface area contributed by atoms with E-state index in [0.717, 1.165) is 22.7 Å². The summed E-state index contributed by atoms with van der Waals surface area (Å²) < 4.78 is 39.8. The molecule has 2 rings (SSSR count). The number of thiazole rings is 1. The number of nitrogens with two attached hydrogens (primary N) is 1. The lowest BCUT2D eigenvalue weighted by molar-refractivity contribution is 0.557. The second-order valence-electron chi connectivity index (χ2n) is 3.88. The van der Waals surface area contributed by atoms with Gasteiger partial charge in [0.1, 0.15) is 10.7 Å². The minimum atomic E-state index is -3.93. The third-order valence-electron chi connectivity index (χ3n) is 2.51. The molecule has 0 bridgehead atoms. The maximum atomic E-state index is 13.5. The maximum absolute atomic E-state index is 13.5. The zero-order chi connectivity index (χ0) is 14.0. The fourth-order valence-corrected chi connectivity index (χ4v) is 3.37. The van der Waals surface area contributed by atoms with Crippen molar-refractivity contribution in [1.29, 1.82) is 0 Å². The van der Waals surface area contributed by atoms with Gasteiger partial charge in [0.15, 0.2) is 0 Å². The molecule has 0 aliphatic heterocycles. The van der Waals surface area contributed by atoms with Gasteiger partial charge in [-0.15, -0.1) is 11.3 Å². The van der Waals surface area contributed by atoms with Crippen LogP contribution in [0.15, 0.2) is 28.6 Å². The number of sulfonamides is 1. The van der Waals surface area contributed by atoms with Gasteiger partial charge in [-0.1, -0.05) is 0 Å². The first-order chi connectivity index (χ1) is 8.90. The van der Waals surface area contributed by atoms with Gasteiger partial charge in [-0.25, -0.2) is 22.5 Å². The van der Waals surface area contributed by atoms with Crippen LogP contribution in [0.3, 0.4) is 0 Å². The number of aromatic nitrogens is 1. The first-order valence-electron chi connectivity index (χ1n) is 5.34. The van der Waals surface area contributed by atoms with Crippen molar-refractivity contribution in [3.05, 3.63) is 40.1 Å². The van der Waals surface area contributed by atoms with Crippen LogP contribution < -0.4 is 10.5 Å². The summed E-state index contributed by atoms with van der Waals surface area (Å²) in [5, 5.41) is 0. The van der Waals surface area contributed by atoms with E-state index in [4.69, 9.17) is 5.73 Å². The highest BCUT2D eigenvalue weighted by Crippen LogP contribution is 2.19. The van der Waals surface area contributed by atoms with E-state index in [1.807, 2.05) is 0 Å². The van der Waals surface area contributed by atoms with Gasteiger partial charge >= 0.3 is 0 Å². The second-order valence-corrected chi connectivity index (χ2v) is 6.55. The lowest BCUT2D eigenvalue weighted by Crippen LogP contribution is -2.24. The molecule has 5 nitrogen and oxygen atoms in total. The fraction of sp³-hybridized carbons (Fsp3) is 0.182. The minimum absolute atomic E-state index is 0.0765. The molecule has 0 radical (unpaired) electrons. The summed E-state index contributed by atoms with van der Waals surface area (Å²) in [5.74, 6) is -0.831. The average molecular weight is 301 g/mol. The zero-order valence-corrected chi connectivity index (χ0v) is 11.7. The van der Waals surface area contributed by atoms with Crippen LogP contribution in [-0.2, 0) is 16.6 Å². The molecule has 1 aromatic heterocycles. The number of benzene rings is 1. The molecular weight excluding hydrogens is 289 g/mol. The van der Waals surface area contributed by atoms with Crippen molar-refractivity contribution < 1.29 is 12.8 Å². The predicted octanol–water partition coefficient (Wildman–Crippen LogP) is 1.65. The summed E-state index contributed by atoms with van der Waals surface area (Å²) in [4.78, 5) is 4.35. The molecule has 0 amide bonds. The van der Waals surface area contributed by atoms with Crippen molar-refractivity contribution in [3.8, 4) is 0 Å². The van der Waals surface area contributed by atoms with Crippen LogP contribution >= 0.6 is 11.3 Å². The van der Waals surface area contributed by atoms with Crippen LogP contribution in [0.25, 0.3) is 0 Å². The lowest BCUT2D eigenvalue weighted by Gasteiger charge is -2.07. The second kappa shape index (κ2) is 5.24. The van der Waals surface area contributed by atoms with Crippen LogP contribution in [-0.4, -0.2) is 13.4 Å². The number of rotatable bonds is 4. The van der Waals surface area contributed by atoms with Gasteiger partial charge in [0, 0.05) is 17.1 Å². The monoisotopic (exact) mass is 301 g/mol. The van der Waals surface area contributed by atoms with E-state index >= 15 is 0 Å². The van der Waals surface area contributed by atoms with E-state index in [1.165, 1.54) is 17.4 Å². The number of nitrogens with one attached hydrogen (secondary N) is 1. The lowest BCUT2D eigenvalue weighted by atomic mass is 10.3. The summed E-state index contributed by atoms with van der Waals surface area (Å²) in [6, 6.07) is 3.43. The number of halogens is 1. The topological polar surface area (TPSA) is 85.1 Å². The summed E-state index contributed by atoms with van der Waals surface area (Å²) in [5.41, 5.74) is 8.04. The molecule has 0 saturated carbocycles. The Labute approximate surface area is 114 Å². The number of nitrogens with zero attached hydrogens (tertiary/aromatic N) is 1. The summed E-state index contributed by atoms with van der Waals surface area (Å²) in [7, 11) is -3.93. The number of anilines is 1. The largest absolute Gasteiger partial charge is 0.399 e.